The number of carboxylic acids is 1. The van der Waals surface area contributed by atoms with Gasteiger partial charge in [0.2, 0.25) is 5.91 Å². The van der Waals surface area contributed by atoms with E-state index in [4.69, 9.17) is 9.84 Å². The van der Waals surface area contributed by atoms with Crippen molar-refractivity contribution in [3.63, 3.8) is 0 Å². The molecule has 166 valence electrons. The Morgan fingerprint density at radius 1 is 1.03 bits per heavy atom. The molecule has 1 aliphatic heterocycles. The zero-order chi connectivity index (χ0) is 22.5. The average molecular weight is 436 g/mol. The Bertz CT molecular complexity index is 1050. The van der Waals surface area contributed by atoms with Crippen LogP contribution in [-0.4, -0.2) is 64.9 Å². The van der Waals surface area contributed by atoms with Crippen molar-refractivity contribution in [2.45, 2.75) is 17.9 Å². The zero-order valence-corrected chi connectivity index (χ0v) is 17.4. The molecule has 0 bridgehead atoms. The second-order valence-electron chi connectivity index (χ2n) is 8.84. The standard InChI is InChI=1S/C24H24N2O6/c27-21(26-12-24(31,13-26)22(28)29)19-9-14(19)10-25-23(30)32-11-20-17-7-3-1-5-15(17)16-6-2-4-8-18(16)20/h1-8,14,19-20,31H,9-13H2,(H,25,30)(H,28,29)/t14-,19-/m0/s1. The Balaban J connectivity index is 1.10. The van der Waals surface area contributed by atoms with Gasteiger partial charge in [-0.3, -0.25) is 4.79 Å². The average Bonchev–Trinajstić information content (AvgIpc) is 3.48. The maximum Gasteiger partial charge on any atom is 0.407 e. The number of carboxylic acid groups (broad SMARTS) is 1. The van der Waals surface area contributed by atoms with Gasteiger partial charge < -0.3 is 25.2 Å². The van der Waals surface area contributed by atoms with Gasteiger partial charge in [0.15, 0.2) is 5.60 Å². The molecule has 0 spiro atoms. The highest BCUT2D eigenvalue weighted by atomic mass is 16.5. The van der Waals surface area contributed by atoms with Crippen molar-refractivity contribution in [3.8, 4) is 11.1 Å². The van der Waals surface area contributed by atoms with Gasteiger partial charge in [-0.1, -0.05) is 48.5 Å². The highest BCUT2D eigenvalue weighted by Gasteiger charge is 2.54. The minimum absolute atomic E-state index is 0.00139. The lowest BCUT2D eigenvalue weighted by Gasteiger charge is -2.43. The van der Waals surface area contributed by atoms with Crippen LogP contribution < -0.4 is 5.32 Å². The number of hydrogen-bond acceptors (Lipinski definition) is 5. The number of carbonyl (C=O) groups excluding carboxylic acids is 2. The highest BCUT2D eigenvalue weighted by Crippen LogP contribution is 2.44. The molecule has 2 aliphatic carbocycles. The largest absolute Gasteiger partial charge is 0.479 e. The van der Waals surface area contributed by atoms with Crippen LogP contribution in [0.4, 0.5) is 4.79 Å². The number of nitrogens with zero attached hydrogens (tertiary/aromatic N) is 1. The number of amides is 2. The van der Waals surface area contributed by atoms with Gasteiger partial charge in [0.1, 0.15) is 6.61 Å². The van der Waals surface area contributed by atoms with Crippen LogP contribution in [0.25, 0.3) is 11.1 Å². The Morgan fingerprint density at radius 2 is 1.62 bits per heavy atom. The lowest BCUT2D eigenvalue weighted by atomic mass is 9.94. The minimum Gasteiger partial charge on any atom is -0.479 e. The summed E-state index contributed by atoms with van der Waals surface area (Å²) in [6.45, 7) is 0.174. The molecule has 8 nitrogen and oxygen atoms in total. The molecule has 3 aliphatic rings. The number of aliphatic hydroxyl groups is 1. The molecule has 5 rings (SSSR count). The molecule has 1 heterocycles. The van der Waals surface area contributed by atoms with E-state index >= 15 is 0 Å². The van der Waals surface area contributed by atoms with Gasteiger partial charge in [-0.05, 0) is 34.6 Å². The first-order valence-electron chi connectivity index (χ1n) is 10.7. The van der Waals surface area contributed by atoms with Crippen LogP contribution in [0.3, 0.4) is 0 Å². The van der Waals surface area contributed by atoms with Crippen molar-refractivity contribution in [1.29, 1.82) is 0 Å². The lowest BCUT2D eigenvalue weighted by molar-refractivity contribution is -0.182. The predicted octanol–water partition coefficient (Wildman–Crippen LogP) is 1.82. The van der Waals surface area contributed by atoms with Crippen LogP contribution in [-0.2, 0) is 14.3 Å². The monoisotopic (exact) mass is 436 g/mol. The van der Waals surface area contributed by atoms with Gasteiger partial charge in [0.05, 0.1) is 13.1 Å². The quantitative estimate of drug-likeness (QED) is 0.636. The normalized spacial score (nSPS) is 22.3. The summed E-state index contributed by atoms with van der Waals surface area (Å²) >= 11 is 0. The predicted molar refractivity (Wildman–Crippen MR) is 114 cm³/mol. The van der Waals surface area contributed by atoms with E-state index < -0.39 is 17.7 Å². The molecular weight excluding hydrogens is 412 g/mol. The fourth-order valence-electron chi connectivity index (χ4n) is 4.75. The number of β-amino-alcohol motifs (C(OH)–C–C–N with tert-alkyl or cyclic N) is 1. The van der Waals surface area contributed by atoms with Crippen molar-refractivity contribution in [2.24, 2.45) is 11.8 Å². The lowest BCUT2D eigenvalue weighted by Crippen LogP contribution is -2.67. The fourth-order valence-corrected chi connectivity index (χ4v) is 4.75. The molecule has 2 amide bonds. The van der Waals surface area contributed by atoms with Crippen LogP contribution in [0.1, 0.15) is 23.5 Å². The molecule has 8 heteroatoms. The van der Waals surface area contributed by atoms with E-state index in [1.165, 1.54) is 4.90 Å². The number of alkyl carbamates (subject to hydrolysis) is 1. The summed E-state index contributed by atoms with van der Waals surface area (Å²) < 4.78 is 5.50. The van der Waals surface area contributed by atoms with Crippen molar-refractivity contribution in [1.82, 2.24) is 10.2 Å². The van der Waals surface area contributed by atoms with Crippen LogP contribution in [0.15, 0.2) is 48.5 Å². The SMILES string of the molecule is O=C(NC[C@@H]1C[C@@H]1C(=O)N1CC(O)(C(=O)O)C1)OCC1c2ccccc2-c2ccccc21. The van der Waals surface area contributed by atoms with Crippen molar-refractivity contribution >= 4 is 18.0 Å². The van der Waals surface area contributed by atoms with Crippen LogP contribution in [0.5, 0.6) is 0 Å². The maximum atomic E-state index is 12.4. The number of nitrogens with one attached hydrogen (secondary N) is 1. The van der Waals surface area contributed by atoms with Crippen LogP contribution in [0.2, 0.25) is 0 Å². The smallest absolute Gasteiger partial charge is 0.407 e. The summed E-state index contributed by atoms with van der Waals surface area (Å²) in [5, 5.41) is 21.4. The van der Waals surface area contributed by atoms with Gasteiger partial charge in [-0.2, -0.15) is 0 Å². The van der Waals surface area contributed by atoms with E-state index in [1.54, 1.807) is 0 Å². The van der Waals surface area contributed by atoms with Gasteiger partial charge in [-0.25, -0.2) is 9.59 Å². The molecule has 1 saturated heterocycles. The first kappa shape index (κ1) is 20.5. The molecule has 2 fully saturated rings. The van der Waals surface area contributed by atoms with E-state index in [2.05, 4.69) is 29.6 Å². The van der Waals surface area contributed by atoms with E-state index in [-0.39, 0.29) is 43.4 Å². The molecule has 2 atom stereocenters. The number of likely N-dealkylation sites (tertiary alicyclic amines) is 1. The maximum absolute atomic E-state index is 12.4. The third-order valence-electron chi connectivity index (χ3n) is 6.71. The summed E-state index contributed by atoms with van der Waals surface area (Å²) in [6, 6.07) is 16.2. The van der Waals surface area contributed by atoms with E-state index in [0.717, 1.165) is 22.3 Å². The number of ether oxygens (including phenoxy) is 1. The Labute approximate surface area is 184 Å². The van der Waals surface area contributed by atoms with Crippen LogP contribution >= 0.6 is 0 Å². The second-order valence-corrected chi connectivity index (χ2v) is 8.84. The molecule has 0 aromatic heterocycles. The van der Waals surface area contributed by atoms with Gasteiger partial charge in [0, 0.05) is 18.4 Å². The molecular formula is C24H24N2O6. The zero-order valence-electron chi connectivity index (χ0n) is 17.4. The molecule has 1 saturated carbocycles. The van der Waals surface area contributed by atoms with Crippen molar-refractivity contribution in [2.75, 3.05) is 26.2 Å². The van der Waals surface area contributed by atoms with E-state index in [0.29, 0.717) is 13.0 Å². The first-order chi connectivity index (χ1) is 15.4. The third-order valence-corrected chi connectivity index (χ3v) is 6.71. The topological polar surface area (TPSA) is 116 Å². The summed E-state index contributed by atoms with van der Waals surface area (Å²) in [4.78, 5) is 36.9. The first-order valence-corrected chi connectivity index (χ1v) is 10.7. The number of benzene rings is 2. The molecule has 32 heavy (non-hydrogen) atoms. The number of hydrogen-bond donors (Lipinski definition) is 3. The van der Waals surface area contributed by atoms with E-state index in [1.807, 2.05) is 24.3 Å². The molecule has 0 radical (unpaired) electrons. The van der Waals surface area contributed by atoms with E-state index in [9.17, 15) is 19.5 Å². The number of aliphatic carboxylic acids is 1. The fraction of sp³-hybridized carbons (Fsp3) is 0.375. The summed E-state index contributed by atoms with van der Waals surface area (Å²) in [5.41, 5.74) is 2.78. The number of rotatable bonds is 6. The Hall–Kier alpha value is -3.39. The summed E-state index contributed by atoms with van der Waals surface area (Å²) in [7, 11) is 0. The molecule has 2 aromatic carbocycles. The minimum atomic E-state index is -1.83. The van der Waals surface area contributed by atoms with Crippen molar-refractivity contribution in [3.05, 3.63) is 59.7 Å². The highest BCUT2D eigenvalue weighted by molar-refractivity contribution is 5.87. The van der Waals surface area contributed by atoms with Gasteiger partial charge in [-0.15, -0.1) is 0 Å². The van der Waals surface area contributed by atoms with Gasteiger partial charge in [0.25, 0.3) is 0 Å². The summed E-state index contributed by atoms with van der Waals surface area (Å²) in [5.74, 6) is -1.74. The Kier molecular flexibility index (Phi) is 4.89. The second kappa shape index (κ2) is 7.63. The van der Waals surface area contributed by atoms with Gasteiger partial charge >= 0.3 is 12.1 Å². The third kappa shape index (κ3) is 3.50. The summed E-state index contributed by atoms with van der Waals surface area (Å²) in [6.07, 6.45) is 0.110. The van der Waals surface area contributed by atoms with Crippen LogP contribution in [0, 0.1) is 11.8 Å². The molecule has 2 aromatic rings. The number of carbonyl (C=O) groups is 3. The molecule has 0 unspecified atom stereocenters. The number of fused-ring (bicyclic) bond motifs is 3. The Morgan fingerprint density at radius 3 is 2.22 bits per heavy atom. The van der Waals surface area contributed by atoms with Crippen molar-refractivity contribution < 1.29 is 29.3 Å². The molecule has 3 N–H and O–H groups in total.